The first-order chi connectivity index (χ1) is 5.77. The second-order valence-electron chi connectivity index (χ2n) is 3.13. The van der Waals surface area contributed by atoms with Gasteiger partial charge in [0.05, 0.1) is 12.5 Å². The van der Waals surface area contributed by atoms with Crippen LogP contribution in [-0.2, 0) is 9.53 Å². The summed E-state index contributed by atoms with van der Waals surface area (Å²) in [5.74, 6) is 0.110. The number of esters is 1. The molecule has 1 atom stereocenters. The van der Waals surface area contributed by atoms with Gasteiger partial charge in [-0.05, 0) is 26.4 Å². The Morgan fingerprint density at radius 3 is 2.83 bits per heavy atom. The van der Waals surface area contributed by atoms with Gasteiger partial charge in [-0.3, -0.25) is 4.79 Å². The van der Waals surface area contributed by atoms with Gasteiger partial charge in [0.25, 0.3) is 0 Å². The Bertz CT molecular complexity index is 159. The first-order valence-corrected chi connectivity index (χ1v) is 4.66. The van der Waals surface area contributed by atoms with Gasteiger partial charge in [-0.25, -0.2) is 0 Å². The number of rotatable bonds is 3. The highest BCUT2D eigenvalue weighted by atomic mass is 16.5. The number of nitrogens with zero attached hydrogens (tertiary/aromatic N) is 1. The molecule has 1 heterocycles. The molecule has 12 heavy (non-hydrogen) atoms. The van der Waals surface area contributed by atoms with Crippen LogP contribution in [0.25, 0.3) is 0 Å². The molecule has 0 aromatic rings. The Morgan fingerprint density at radius 2 is 2.33 bits per heavy atom. The van der Waals surface area contributed by atoms with Gasteiger partial charge in [-0.15, -0.1) is 0 Å². The molecule has 0 amide bonds. The molecule has 1 saturated heterocycles. The number of carbonyl (C=O) groups is 1. The van der Waals surface area contributed by atoms with E-state index in [0.29, 0.717) is 6.61 Å². The predicted molar refractivity (Wildman–Crippen MR) is 46.9 cm³/mol. The predicted octanol–water partition coefficient (Wildman–Crippen LogP) is 0.891. The molecule has 0 aromatic heterocycles. The molecule has 1 rings (SSSR count). The van der Waals surface area contributed by atoms with Crippen molar-refractivity contribution < 1.29 is 9.53 Å². The molecule has 1 fully saturated rings. The second-order valence-corrected chi connectivity index (χ2v) is 3.13. The van der Waals surface area contributed by atoms with Gasteiger partial charge in [0.1, 0.15) is 0 Å². The zero-order valence-electron chi connectivity index (χ0n) is 7.88. The van der Waals surface area contributed by atoms with Crippen LogP contribution in [0, 0.1) is 5.92 Å². The molecule has 0 radical (unpaired) electrons. The lowest BCUT2D eigenvalue weighted by molar-refractivity contribution is -0.147. The van der Waals surface area contributed by atoms with Crippen LogP contribution in [0.15, 0.2) is 0 Å². The Kier molecular flexibility index (Phi) is 3.53. The molecule has 1 aliphatic rings. The molecule has 1 unspecified atom stereocenters. The fourth-order valence-electron chi connectivity index (χ4n) is 1.57. The van der Waals surface area contributed by atoms with Crippen LogP contribution in [0.5, 0.6) is 0 Å². The van der Waals surface area contributed by atoms with Crippen molar-refractivity contribution in [2.75, 3.05) is 26.2 Å². The molecule has 0 aliphatic carbocycles. The molecule has 1 aliphatic heterocycles. The van der Waals surface area contributed by atoms with Gasteiger partial charge in [0.2, 0.25) is 0 Å². The van der Waals surface area contributed by atoms with Crippen molar-refractivity contribution in [3.63, 3.8) is 0 Å². The van der Waals surface area contributed by atoms with Gasteiger partial charge in [-0.2, -0.15) is 0 Å². The SMILES string of the molecule is CCOC(=O)C1CCN(CC)C1. The summed E-state index contributed by atoms with van der Waals surface area (Å²) in [5.41, 5.74) is 0. The lowest BCUT2D eigenvalue weighted by Gasteiger charge is -2.11. The van der Waals surface area contributed by atoms with E-state index in [2.05, 4.69) is 11.8 Å². The van der Waals surface area contributed by atoms with Crippen LogP contribution >= 0.6 is 0 Å². The van der Waals surface area contributed by atoms with Crippen molar-refractivity contribution in [3.8, 4) is 0 Å². The van der Waals surface area contributed by atoms with Crippen molar-refractivity contribution in [1.82, 2.24) is 4.90 Å². The van der Waals surface area contributed by atoms with Crippen molar-refractivity contribution >= 4 is 5.97 Å². The van der Waals surface area contributed by atoms with Crippen LogP contribution in [0.1, 0.15) is 20.3 Å². The summed E-state index contributed by atoms with van der Waals surface area (Å²) in [6, 6.07) is 0. The minimum absolute atomic E-state index is 0.0200. The molecule has 70 valence electrons. The maximum absolute atomic E-state index is 11.3. The normalized spacial score (nSPS) is 24.3. The molecule has 0 spiro atoms. The molecule has 0 aromatic carbocycles. The summed E-state index contributed by atoms with van der Waals surface area (Å²) < 4.78 is 4.95. The Hall–Kier alpha value is -0.570. The monoisotopic (exact) mass is 171 g/mol. The average molecular weight is 171 g/mol. The highest BCUT2D eigenvalue weighted by Crippen LogP contribution is 2.16. The van der Waals surface area contributed by atoms with Gasteiger partial charge < -0.3 is 9.64 Å². The van der Waals surface area contributed by atoms with Crippen molar-refractivity contribution in [2.45, 2.75) is 20.3 Å². The average Bonchev–Trinajstić information content (AvgIpc) is 2.52. The maximum Gasteiger partial charge on any atom is 0.310 e. The Morgan fingerprint density at radius 1 is 1.58 bits per heavy atom. The Balaban J connectivity index is 2.31. The third kappa shape index (κ3) is 2.21. The number of hydrogen-bond acceptors (Lipinski definition) is 3. The smallest absolute Gasteiger partial charge is 0.310 e. The third-order valence-corrected chi connectivity index (χ3v) is 2.34. The van der Waals surface area contributed by atoms with E-state index in [9.17, 15) is 4.79 Å². The summed E-state index contributed by atoms with van der Waals surface area (Å²) in [6.45, 7) is 7.44. The number of hydrogen-bond donors (Lipinski definition) is 0. The van der Waals surface area contributed by atoms with Gasteiger partial charge >= 0.3 is 5.97 Å². The van der Waals surface area contributed by atoms with Crippen LogP contribution < -0.4 is 0 Å². The molecule has 0 bridgehead atoms. The van der Waals surface area contributed by atoms with Crippen LogP contribution in [0.3, 0.4) is 0 Å². The van der Waals surface area contributed by atoms with E-state index < -0.39 is 0 Å². The maximum atomic E-state index is 11.3. The molecule has 3 heteroatoms. The van der Waals surface area contributed by atoms with E-state index in [1.165, 1.54) is 0 Å². The van der Waals surface area contributed by atoms with Crippen LogP contribution in [0.2, 0.25) is 0 Å². The van der Waals surface area contributed by atoms with Crippen LogP contribution in [0.4, 0.5) is 0 Å². The van der Waals surface area contributed by atoms with E-state index in [-0.39, 0.29) is 11.9 Å². The fraction of sp³-hybridized carbons (Fsp3) is 0.889. The first-order valence-electron chi connectivity index (χ1n) is 4.66. The van der Waals surface area contributed by atoms with Gasteiger partial charge in [-0.1, -0.05) is 6.92 Å². The standard InChI is InChI=1S/C9H17NO2/c1-3-10-6-5-8(7-10)9(11)12-4-2/h8H,3-7H2,1-2H3. The lowest BCUT2D eigenvalue weighted by Crippen LogP contribution is -2.24. The number of ether oxygens (including phenoxy) is 1. The summed E-state index contributed by atoms with van der Waals surface area (Å²) in [6.07, 6.45) is 0.965. The van der Waals surface area contributed by atoms with Gasteiger partial charge in [0, 0.05) is 6.54 Å². The highest BCUT2D eigenvalue weighted by molar-refractivity contribution is 5.73. The van der Waals surface area contributed by atoms with Crippen molar-refractivity contribution in [2.24, 2.45) is 5.92 Å². The minimum atomic E-state index is -0.0200. The van der Waals surface area contributed by atoms with E-state index in [1.807, 2.05) is 6.92 Å². The zero-order valence-corrected chi connectivity index (χ0v) is 7.88. The van der Waals surface area contributed by atoms with Crippen molar-refractivity contribution in [1.29, 1.82) is 0 Å². The highest BCUT2D eigenvalue weighted by Gasteiger charge is 2.27. The third-order valence-electron chi connectivity index (χ3n) is 2.34. The van der Waals surface area contributed by atoms with Crippen molar-refractivity contribution in [3.05, 3.63) is 0 Å². The topological polar surface area (TPSA) is 29.5 Å². The van der Waals surface area contributed by atoms with Gasteiger partial charge in [0.15, 0.2) is 0 Å². The Labute approximate surface area is 73.7 Å². The zero-order chi connectivity index (χ0) is 8.97. The largest absolute Gasteiger partial charge is 0.466 e. The first kappa shape index (κ1) is 9.52. The molecule has 0 N–H and O–H groups in total. The van der Waals surface area contributed by atoms with E-state index >= 15 is 0 Å². The fourth-order valence-corrected chi connectivity index (χ4v) is 1.57. The van der Waals surface area contributed by atoms with E-state index in [1.54, 1.807) is 0 Å². The second kappa shape index (κ2) is 4.45. The van der Waals surface area contributed by atoms with Crippen LogP contribution in [-0.4, -0.2) is 37.1 Å². The number of likely N-dealkylation sites (tertiary alicyclic amines) is 1. The molecule has 0 saturated carbocycles. The molecule has 3 nitrogen and oxygen atoms in total. The molecular formula is C9H17NO2. The number of carbonyl (C=O) groups excluding carboxylic acids is 1. The molecular weight excluding hydrogens is 154 g/mol. The van der Waals surface area contributed by atoms with E-state index in [4.69, 9.17) is 4.74 Å². The summed E-state index contributed by atoms with van der Waals surface area (Å²) in [7, 11) is 0. The lowest BCUT2D eigenvalue weighted by atomic mass is 10.1. The summed E-state index contributed by atoms with van der Waals surface area (Å²) in [4.78, 5) is 13.5. The summed E-state index contributed by atoms with van der Waals surface area (Å²) >= 11 is 0. The summed E-state index contributed by atoms with van der Waals surface area (Å²) in [5, 5.41) is 0. The van der Waals surface area contributed by atoms with E-state index in [0.717, 1.165) is 26.1 Å². The quantitative estimate of drug-likeness (QED) is 0.591. The minimum Gasteiger partial charge on any atom is -0.466 e.